The van der Waals surface area contributed by atoms with Crippen molar-refractivity contribution in [1.29, 1.82) is 5.26 Å². The van der Waals surface area contributed by atoms with Crippen LogP contribution in [0.25, 0.3) is 6.08 Å². The van der Waals surface area contributed by atoms with Crippen molar-refractivity contribution < 1.29 is 19.0 Å². The molecule has 0 fully saturated rings. The fraction of sp³-hybridized carbons (Fsp3) is 0.154. The van der Waals surface area contributed by atoms with Crippen molar-refractivity contribution >= 4 is 17.7 Å². The molecule has 1 N–H and O–H groups in total. The van der Waals surface area contributed by atoms with Crippen molar-refractivity contribution in [1.82, 2.24) is 0 Å². The fourth-order valence-corrected chi connectivity index (χ4v) is 3.44. The molecule has 160 valence electrons. The number of aryl methyl sites for hydroxylation is 1. The van der Waals surface area contributed by atoms with Gasteiger partial charge < -0.3 is 19.5 Å². The number of carbonyl (C=O) groups is 1. The van der Waals surface area contributed by atoms with Crippen LogP contribution in [0, 0.1) is 18.3 Å². The molecule has 1 aliphatic heterocycles. The van der Waals surface area contributed by atoms with Crippen molar-refractivity contribution in [2.75, 3.05) is 19.0 Å². The molecule has 1 amide bonds. The molecule has 0 saturated carbocycles. The summed E-state index contributed by atoms with van der Waals surface area (Å²) in [4.78, 5) is 12.8. The smallest absolute Gasteiger partial charge is 0.255 e. The van der Waals surface area contributed by atoms with E-state index in [-0.39, 0.29) is 12.5 Å². The molecular formula is C26H22N2O4. The van der Waals surface area contributed by atoms with Crippen molar-refractivity contribution in [3.8, 4) is 23.3 Å². The number of hydrogen-bond acceptors (Lipinski definition) is 5. The molecule has 1 aliphatic rings. The number of fused-ring (bicyclic) bond motifs is 1. The quantitative estimate of drug-likeness (QED) is 0.608. The second-order valence-electron chi connectivity index (χ2n) is 7.37. The van der Waals surface area contributed by atoms with E-state index in [1.165, 1.54) is 0 Å². The molecule has 0 atom stereocenters. The van der Waals surface area contributed by atoms with E-state index in [2.05, 4.69) is 11.4 Å². The van der Waals surface area contributed by atoms with Gasteiger partial charge in [0.25, 0.3) is 5.91 Å². The Balaban J connectivity index is 1.43. The molecule has 0 unspecified atom stereocenters. The number of rotatable bonds is 6. The van der Waals surface area contributed by atoms with Gasteiger partial charge in [0.2, 0.25) is 0 Å². The summed E-state index contributed by atoms with van der Waals surface area (Å²) in [6, 6.07) is 20.5. The Morgan fingerprint density at radius 2 is 2.00 bits per heavy atom. The lowest BCUT2D eigenvalue weighted by Gasteiger charge is -2.20. The zero-order chi connectivity index (χ0) is 22.5. The van der Waals surface area contributed by atoms with Crippen molar-refractivity contribution in [2.45, 2.75) is 13.5 Å². The predicted octanol–water partition coefficient (Wildman–Crippen LogP) is 4.87. The van der Waals surface area contributed by atoms with Gasteiger partial charge in [-0.15, -0.1) is 0 Å². The van der Waals surface area contributed by atoms with E-state index in [0.29, 0.717) is 40.7 Å². The zero-order valence-corrected chi connectivity index (χ0v) is 17.8. The first-order chi connectivity index (χ1) is 15.6. The van der Waals surface area contributed by atoms with Gasteiger partial charge in [-0.3, -0.25) is 4.79 Å². The minimum atomic E-state index is -0.219. The highest BCUT2D eigenvalue weighted by molar-refractivity contribution is 6.08. The van der Waals surface area contributed by atoms with E-state index in [4.69, 9.17) is 19.5 Å². The van der Waals surface area contributed by atoms with E-state index >= 15 is 0 Å². The molecule has 6 heteroatoms. The summed E-state index contributed by atoms with van der Waals surface area (Å²) in [7, 11) is 1.59. The molecule has 4 rings (SSSR count). The highest BCUT2D eigenvalue weighted by Crippen LogP contribution is 2.35. The number of anilines is 1. The summed E-state index contributed by atoms with van der Waals surface area (Å²) in [6.45, 7) is 2.43. The third-order valence-corrected chi connectivity index (χ3v) is 5.13. The van der Waals surface area contributed by atoms with Crippen LogP contribution in [0.4, 0.5) is 5.69 Å². The molecule has 32 heavy (non-hydrogen) atoms. The lowest BCUT2D eigenvalue weighted by Crippen LogP contribution is -2.21. The van der Waals surface area contributed by atoms with Gasteiger partial charge >= 0.3 is 0 Å². The largest absolute Gasteiger partial charge is 0.493 e. The van der Waals surface area contributed by atoms with Crippen LogP contribution in [0.3, 0.4) is 0 Å². The minimum Gasteiger partial charge on any atom is -0.493 e. The van der Waals surface area contributed by atoms with Gasteiger partial charge in [0.1, 0.15) is 19.0 Å². The van der Waals surface area contributed by atoms with Crippen LogP contribution in [-0.4, -0.2) is 19.6 Å². The van der Waals surface area contributed by atoms with E-state index in [9.17, 15) is 4.79 Å². The summed E-state index contributed by atoms with van der Waals surface area (Å²) >= 11 is 0. The second-order valence-corrected chi connectivity index (χ2v) is 7.37. The number of hydrogen-bond donors (Lipinski definition) is 1. The lowest BCUT2D eigenvalue weighted by molar-refractivity contribution is -0.113. The van der Waals surface area contributed by atoms with Gasteiger partial charge in [0, 0.05) is 11.3 Å². The first-order valence-electron chi connectivity index (χ1n) is 10.1. The molecule has 0 bridgehead atoms. The summed E-state index contributed by atoms with van der Waals surface area (Å²) < 4.78 is 16.9. The number of para-hydroxylation sites is 1. The lowest BCUT2D eigenvalue weighted by atomic mass is 10.1. The molecule has 0 radical (unpaired) electrons. The Bertz CT molecular complexity index is 1240. The van der Waals surface area contributed by atoms with Gasteiger partial charge in [-0.05, 0) is 60.5 Å². The first-order valence-corrected chi connectivity index (χ1v) is 10.1. The summed E-state index contributed by atoms with van der Waals surface area (Å²) in [5.74, 6) is 1.75. The Morgan fingerprint density at radius 3 is 2.78 bits per heavy atom. The van der Waals surface area contributed by atoms with Crippen molar-refractivity contribution in [3.63, 3.8) is 0 Å². The van der Waals surface area contributed by atoms with Crippen LogP contribution in [0.1, 0.15) is 22.3 Å². The summed E-state index contributed by atoms with van der Waals surface area (Å²) in [5.41, 5.74) is 4.43. The maximum Gasteiger partial charge on any atom is 0.255 e. The van der Waals surface area contributed by atoms with Crippen LogP contribution >= 0.6 is 0 Å². The number of nitrogens with one attached hydrogen (secondary N) is 1. The molecule has 0 spiro atoms. The van der Waals surface area contributed by atoms with Crippen LogP contribution in [0.2, 0.25) is 0 Å². The van der Waals surface area contributed by atoms with Crippen LogP contribution < -0.4 is 19.5 Å². The topological polar surface area (TPSA) is 80.6 Å². The third kappa shape index (κ3) is 4.57. The second kappa shape index (κ2) is 9.27. The number of methoxy groups -OCH3 is 1. The molecule has 6 nitrogen and oxygen atoms in total. The highest BCUT2D eigenvalue weighted by atomic mass is 16.5. The van der Waals surface area contributed by atoms with Crippen LogP contribution in [0.5, 0.6) is 17.2 Å². The molecule has 3 aromatic carbocycles. The number of carbonyl (C=O) groups excluding carboxylic acids is 1. The molecule has 1 heterocycles. The van der Waals surface area contributed by atoms with E-state index in [0.717, 1.165) is 16.7 Å². The molecule has 0 aliphatic carbocycles. The Morgan fingerprint density at radius 1 is 1.16 bits per heavy atom. The van der Waals surface area contributed by atoms with E-state index < -0.39 is 0 Å². The van der Waals surface area contributed by atoms with E-state index in [1.54, 1.807) is 19.2 Å². The number of nitriles is 1. The Kier molecular flexibility index (Phi) is 6.09. The van der Waals surface area contributed by atoms with Crippen molar-refractivity contribution in [2.24, 2.45) is 0 Å². The van der Waals surface area contributed by atoms with Gasteiger partial charge in [-0.25, -0.2) is 0 Å². The normalized spacial score (nSPS) is 12.0. The molecule has 3 aromatic rings. The zero-order valence-electron chi connectivity index (χ0n) is 17.8. The van der Waals surface area contributed by atoms with E-state index in [1.807, 2.05) is 61.5 Å². The minimum absolute atomic E-state index is 0.168. The van der Waals surface area contributed by atoms with Gasteiger partial charge in [0.05, 0.1) is 24.3 Å². The molecule has 0 saturated heterocycles. The highest BCUT2D eigenvalue weighted by Gasteiger charge is 2.20. The maximum atomic E-state index is 12.8. The Labute approximate surface area is 186 Å². The van der Waals surface area contributed by atoms with Gasteiger partial charge in [-0.2, -0.15) is 5.26 Å². The fourth-order valence-electron chi connectivity index (χ4n) is 3.44. The monoisotopic (exact) mass is 426 g/mol. The number of benzene rings is 3. The molecular weight excluding hydrogens is 404 g/mol. The Hall–Kier alpha value is -4.24. The number of amides is 1. The average molecular weight is 426 g/mol. The predicted molar refractivity (Wildman–Crippen MR) is 122 cm³/mol. The maximum absolute atomic E-state index is 12.8. The molecule has 0 aromatic heterocycles. The van der Waals surface area contributed by atoms with Gasteiger partial charge in [0.15, 0.2) is 11.5 Å². The first kappa shape index (κ1) is 21.0. The summed E-state index contributed by atoms with van der Waals surface area (Å²) in [5, 5.41) is 12.0. The average Bonchev–Trinajstić information content (AvgIpc) is 2.83. The van der Waals surface area contributed by atoms with Crippen molar-refractivity contribution in [3.05, 3.63) is 88.5 Å². The SMILES string of the molecule is COc1cccc2c1OCC(C(=O)Nc1ccc(OCc3cccc(C#N)c3)cc1C)=C2. The van der Waals surface area contributed by atoms with Gasteiger partial charge in [-0.1, -0.05) is 24.3 Å². The number of ether oxygens (including phenoxy) is 3. The number of nitrogens with zero attached hydrogens (tertiary/aromatic N) is 1. The third-order valence-electron chi connectivity index (χ3n) is 5.13. The van der Waals surface area contributed by atoms with Crippen LogP contribution in [-0.2, 0) is 11.4 Å². The summed E-state index contributed by atoms with van der Waals surface area (Å²) in [6.07, 6.45) is 1.82. The standard InChI is InChI=1S/C26H22N2O4/c1-17-11-22(31-15-19-6-3-5-18(12-19)14-27)9-10-23(17)28-26(29)21-13-20-7-4-8-24(30-2)25(20)32-16-21/h3-13H,15-16H2,1-2H3,(H,28,29). The van der Waals surface area contributed by atoms with Crippen LogP contribution in [0.15, 0.2) is 66.2 Å².